The molecule has 10 heteroatoms. The van der Waals surface area contributed by atoms with E-state index in [1.165, 1.54) is 4.80 Å². The summed E-state index contributed by atoms with van der Waals surface area (Å²) in [5.74, 6) is 0.478. The second-order valence-electron chi connectivity index (χ2n) is 8.45. The molecule has 3 aromatic rings. The molecule has 0 bridgehead atoms. The second-order valence-corrected chi connectivity index (χ2v) is 8.45. The van der Waals surface area contributed by atoms with E-state index in [9.17, 15) is 18.0 Å². The first-order chi connectivity index (χ1) is 15.7. The third kappa shape index (κ3) is 5.04. The number of benzene rings is 1. The normalized spacial score (nSPS) is 19.0. The maximum absolute atomic E-state index is 13.7. The van der Waals surface area contributed by atoms with Gasteiger partial charge >= 0.3 is 6.18 Å². The third-order valence-electron chi connectivity index (χ3n) is 6.09. The van der Waals surface area contributed by atoms with E-state index in [1.807, 2.05) is 24.0 Å². The highest BCUT2D eigenvalue weighted by Gasteiger charge is 2.34. The SMILES string of the molecule is Cc1ccc(C(=O)N2CCC[C@@H](C)[C@H]2CCc2ncc(C(F)(F)F)cn2)c(-n2nccn2)c1. The lowest BCUT2D eigenvalue weighted by Gasteiger charge is -2.40. The van der Waals surface area contributed by atoms with Crippen molar-refractivity contribution in [1.29, 1.82) is 0 Å². The zero-order valence-corrected chi connectivity index (χ0v) is 18.5. The topological polar surface area (TPSA) is 76.8 Å². The molecule has 1 aliphatic rings. The summed E-state index contributed by atoms with van der Waals surface area (Å²) in [7, 11) is 0. The number of aryl methyl sites for hydroxylation is 2. The maximum Gasteiger partial charge on any atom is 0.419 e. The van der Waals surface area contributed by atoms with E-state index in [1.54, 1.807) is 18.5 Å². The second kappa shape index (κ2) is 9.29. The van der Waals surface area contributed by atoms with Crippen LogP contribution in [0.4, 0.5) is 13.2 Å². The number of hydrogen-bond acceptors (Lipinski definition) is 5. The van der Waals surface area contributed by atoms with Crippen LogP contribution in [0.3, 0.4) is 0 Å². The Balaban J connectivity index is 1.55. The first-order valence-corrected chi connectivity index (χ1v) is 10.9. The quantitative estimate of drug-likeness (QED) is 0.571. The Bertz CT molecular complexity index is 1100. The van der Waals surface area contributed by atoms with Crippen molar-refractivity contribution in [2.45, 2.75) is 51.7 Å². The molecule has 1 saturated heterocycles. The van der Waals surface area contributed by atoms with E-state index >= 15 is 0 Å². The Morgan fingerprint density at radius 3 is 2.52 bits per heavy atom. The van der Waals surface area contributed by atoms with Crippen molar-refractivity contribution in [3.05, 3.63) is 65.5 Å². The first kappa shape index (κ1) is 22.9. The first-order valence-electron chi connectivity index (χ1n) is 10.9. The number of halogens is 3. The minimum atomic E-state index is -4.46. The molecule has 1 amide bonds. The molecular formula is C23H25F3N6O. The average molecular weight is 458 g/mol. The van der Waals surface area contributed by atoms with Crippen LogP contribution in [0.5, 0.6) is 0 Å². The molecule has 1 aliphatic heterocycles. The molecule has 0 radical (unpaired) electrons. The van der Waals surface area contributed by atoms with Gasteiger partial charge in [0.15, 0.2) is 0 Å². The molecule has 1 aromatic carbocycles. The summed E-state index contributed by atoms with van der Waals surface area (Å²) in [5, 5.41) is 8.38. The number of aromatic nitrogens is 5. The fraction of sp³-hybridized carbons (Fsp3) is 0.435. The number of carbonyl (C=O) groups is 1. The average Bonchev–Trinajstić information content (AvgIpc) is 3.32. The van der Waals surface area contributed by atoms with Crippen LogP contribution in [-0.2, 0) is 12.6 Å². The summed E-state index contributed by atoms with van der Waals surface area (Å²) < 4.78 is 38.3. The predicted octanol–water partition coefficient (Wildman–Crippen LogP) is 4.26. The molecule has 0 unspecified atom stereocenters. The van der Waals surface area contributed by atoms with Gasteiger partial charge in [0.1, 0.15) is 5.82 Å². The number of hydrogen-bond donors (Lipinski definition) is 0. The van der Waals surface area contributed by atoms with E-state index in [-0.39, 0.29) is 17.9 Å². The molecule has 0 saturated carbocycles. The predicted molar refractivity (Wildman–Crippen MR) is 115 cm³/mol. The Labute approximate surface area is 189 Å². The highest BCUT2D eigenvalue weighted by atomic mass is 19.4. The zero-order valence-electron chi connectivity index (χ0n) is 18.5. The zero-order chi connectivity index (χ0) is 23.6. The smallest absolute Gasteiger partial charge is 0.335 e. The maximum atomic E-state index is 13.7. The molecule has 2 aromatic heterocycles. The van der Waals surface area contributed by atoms with Gasteiger partial charge in [-0.25, -0.2) is 9.97 Å². The third-order valence-corrected chi connectivity index (χ3v) is 6.09. The fourth-order valence-corrected chi connectivity index (χ4v) is 4.33. The van der Waals surface area contributed by atoms with Crippen LogP contribution in [0, 0.1) is 12.8 Å². The van der Waals surface area contributed by atoms with Gasteiger partial charge in [0.05, 0.1) is 29.2 Å². The Morgan fingerprint density at radius 2 is 1.85 bits per heavy atom. The van der Waals surface area contributed by atoms with E-state index in [0.717, 1.165) is 30.8 Å². The standard InChI is InChI=1S/C23H25F3N6O/c1-15-5-6-18(20(12-15)32-29-9-10-30-32)22(33)31-11-3-4-16(2)19(31)7-8-21-27-13-17(14-28-21)23(24,25)26/h5-6,9-10,12-14,16,19H,3-4,7-8,11H2,1-2H3/t16-,19-/m1/s1. The minimum Gasteiger partial charge on any atom is -0.335 e. The Hall–Kier alpha value is -3.30. The number of alkyl halides is 3. The van der Waals surface area contributed by atoms with Crippen molar-refractivity contribution in [2.24, 2.45) is 5.92 Å². The minimum absolute atomic E-state index is 0.0723. The van der Waals surface area contributed by atoms with Crippen LogP contribution in [-0.4, -0.2) is 48.4 Å². The van der Waals surface area contributed by atoms with Crippen molar-refractivity contribution < 1.29 is 18.0 Å². The van der Waals surface area contributed by atoms with Gasteiger partial charge in [-0.2, -0.15) is 28.2 Å². The summed E-state index contributed by atoms with van der Waals surface area (Å²) in [6, 6.07) is 5.49. The summed E-state index contributed by atoms with van der Waals surface area (Å²) in [6.45, 7) is 4.65. The van der Waals surface area contributed by atoms with Crippen molar-refractivity contribution >= 4 is 5.91 Å². The summed E-state index contributed by atoms with van der Waals surface area (Å²) in [4.78, 5) is 24.7. The molecule has 2 atom stereocenters. The molecule has 3 heterocycles. The van der Waals surface area contributed by atoms with Crippen LogP contribution >= 0.6 is 0 Å². The lowest BCUT2D eigenvalue weighted by molar-refractivity contribution is -0.138. The van der Waals surface area contributed by atoms with Crippen LogP contribution < -0.4 is 0 Å². The largest absolute Gasteiger partial charge is 0.419 e. The molecule has 7 nitrogen and oxygen atoms in total. The lowest BCUT2D eigenvalue weighted by atomic mass is 9.87. The Kier molecular flexibility index (Phi) is 6.44. The molecule has 4 rings (SSSR count). The molecule has 174 valence electrons. The highest BCUT2D eigenvalue weighted by molar-refractivity contribution is 5.98. The molecule has 1 fully saturated rings. The number of carbonyl (C=O) groups excluding carboxylic acids is 1. The fourth-order valence-electron chi connectivity index (χ4n) is 4.33. The summed E-state index contributed by atoms with van der Waals surface area (Å²) in [6.07, 6.45) is 3.10. The van der Waals surface area contributed by atoms with Gasteiger partial charge in [0.25, 0.3) is 5.91 Å². The van der Waals surface area contributed by atoms with E-state index in [2.05, 4.69) is 27.1 Å². The molecule has 0 aliphatic carbocycles. The molecule has 0 spiro atoms. The van der Waals surface area contributed by atoms with Crippen LogP contribution in [0.2, 0.25) is 0 Å². The molecule has 33 heavy (non-hydrogen) atoms. The number of piperidine rings is 1. The van der Waals surface area contributed by atoms with E-state index < -0.39 is 11.7 Å². The monoisotopic (exact) mass is 458 g/mol. The van der Waals surface area contributed by atoms with E-state index in [4.69, 9.17) is 0 Å². The number of rotatable bonds is 5. The molecular weight excluding hydrogens is 433 g/mol. The highest BCUT2D eigenvalue weighted by Crippen LogP contribution is 2.30. The van der Waals surface area contributed by atoms with Gasteiger partial charge in [-0.15, -0.1) is 0 Å². The number of nitrogens with zero attached hydrogens (tertiary/aromatic N) is 6. The van der Waals surface area contributed by atoms with E-state index in [0.29, 0.717) is 36.5 Å². The summed E-state index contributed by atoms with van der Waals surface area (Å²) in [5.41, 5.74) is 1.25. The van der Waals surface area contributed by atoms with Crippen LogP contribution in [0.25, 0.3) is 5.69 Å². The van der Waals surface area contributed by atoms with Crippen molar-refractivity contribution in [2.75, 3.05) is 6.54 Å². The summed E-state index contributed by atoms with van der Waals surface area (Å²) >= 11 is 0. The van der Waals surface area contributed by atoms with Gasteiger partial charge in [0, 0.05) is 31.4 Å². The lowest BCUT2D eigenvalue weighted by Crippen LogP contribution is -2.48. The van der Waals surface area contributed by atoms with Gasteiger partial charge in [-0.05, 0) is 49.8 Å². The molecule has 0 N–H and O–H groups in total. The van der Waals surface area contributed by atoms with Crippen molar-refractivity contribution in [3.8, 4) is 5.69 Å². The van der Waals surface area contributed by atoms with Crippen molar-refractivity contribution in [1.82, 2.24) is 29.9 Å². The van der Waals surface area contributed by atoms with Gasteiger partial charge in [-0.3, -0.25) is 4.79 Å². The van der Waals surface area contributed by atoms with Gasteiger partial charge in [-0.1, -0.05) is 13.0 Å². The van der Waals surface area contributed by atoms with Gasteiger partial charge in [0.2, 0.25) is 0 Å². The Morgan fingerprint density at radius 1 is 1.15 bits per heavy atom. The van der Waals surface area contributed by atoms with Crippen LogP contribution in [0.1, 0.15) is 53.5 Å². The van der Waals surface area contributed by atoms with Gasteiger partial charge < -0.3 is 4.90 Å². The number of amides is 1. The number of likely N-dealkylation sites (tertiary alicyclic amines) is 1. The van der Waals surface area contributed by atoms with Crippen LogP contribution in [0.15, 0.2) is 43.0 Å². The van der Waals surface area contributed by atoms with Crippen molar-refractivity contribution in [3.63, 3.8) is 0 Å².